The Morgan fingerprint density at radius 1 is 0.588 bits per heavy atom. The average Bonchev–Trinajstić information content (AvgIpc) is 3.30. The molecule has 1 saturated carbocycles. The Hall–Kier alpha value is 0.420. The van der Waals surface area contributed by atoms with Gasteiger partial charge in [-0.2, -0.15) is 0 Å². The van der Waals surface area contributed by atoms with Crippen molar-refractivity contribution in [3.63, 3.8) is 0 Å². The lowest BCUT2D eigenvalue weighted by Gasteiger charge is -2.17. The van der Waals surface area contributed by atoms with E-state index < -0.39 is 0 Å². The highest BCUT2D eigenvalue weighted by molar-refractivity contribution is 8.93. The van der Waals surface area contributed by atoms with Crippen LogP contribution in [0.1, 0.15) is 144 Å². The molecule has 0 amide bonds. The highest BCUT2D eigenvalue weighted by atomic mass is 79.9. The smallest absolute Gasteiger partial charge is 0.125 e. The van der Waals surface area contributed by atoms with E-state index in [-0.39, 0.29) is 57.1 Å². The first kappa shape index (κ1) is 51.1. The Morgan fingerprint density at radius 2 is 0.853 bits per heavy atom. The summed E-state index contributed by atoms with van der Waals surface area (Å²) in [6.07, 6.45) is 16.1. The molecule has 0 radical (unpaired) electrons. The van der Waals surface area contributed by atoms with Crippen molar-refractivity contribution in [2.75, 3.05) is 0 Å². The molecule has 0 bridgehead atoms. The Morgan fingerprint density at radius 3 is 1.09 bits per heavy atom. The standard InChI is InChI=1S/C13H18O.4C4H10.3BrH.H3N/c1-10-6-5-7-11(2)13(10)14-12-8-3-4-9-12;4*1-3-4-2;;;;/h5-7,12H,3-4,8-9H2,1-2H3;4*3-4H2,1-2H3;3*1H;1H3. The Labute approximate surface area is 248 Å². The molecule has 1 aliphatic rings. The van der Waals surface area contributed by atoms with Gasteiger partial charge in [0, 0.05) is 0 Å². The molecule has 212 valence electrons. The van der Waals surface area contributed by atoms with Crippen LogP contribution >= 0.6 is 50.9 Å². The van der Waals surface area contributed by atoms with Crippen molar-refractivity contribution >= 4 is 50.9 Å². The Kier molecular flexibility index (Phi) is 65.4. The molecule has 1 aliphatic carbocycles. The quantitative estimate of drug-likeness (QED) is 0.325. The zero-order valence-corrected chi connectivity index (χ0v) is 29.8. The van der Waals surface area contributed by atoms with Crippen molar-refractivity contribution in [3.8, 4) is 5.75 Å². The molecule has 0 atom stereocenters. The molecule has 0 aliphatic heterocycles. The number of para-hydroxylation sites is 1. The largest absolute Gasteiger partial charge is 0.490 e. The van der Waals surface area contributed by atoms with Gasteiger partial charge >= 0.3 is 0 Å². The number of ether oxygens (including phenoxy) is 1. The molecule has 1 fully saturated rings. The lowest BCUT2D eigenvalue weighted by Crippen LogP contribution is -2.12. The van der Waals surface area contributed by atoms with Crippen molar-refractivity contribution in [3.05, 3.63) is 29.3 Å². The molecule has 2 nitrogen and oxygen atoms in total. The monoisotopic (exact) mass is 679 g/mol. The summed E-state index contributed by atoms with van der Waals surface area (Å²) in [5, 5.41) is 0. The molecule has 1 aromatic carbocycles. The minimum atomic E-state index is 0. The van der Waals surface area contributed by atoms with Gasteiger partial charge < -0.3 is 10.9 Å². The number of aryl methyl sites for hydroxylation is 2. The number of halogens is 3. The fourth-order valence-corrected chi connectivity index (χ4v) is 2.16. The van der Waals surface area contributed by atoms with E-state index >= 15 is 0 Å². The summed E-state index contributed by atoms with van der Waals surface area (Å²) in [7, 11) is 0. The topological polar surface area (TPSA) is 44.2 Å². The molecular weight excluding hydrogens is 618 g/mol. The van der Waals surface area contributed by atoms with Gasteiger partial charge in [0.15, 0.2) is 0 Å². The van der Waals surface area contributed by atoms with Crippen LogP contribution in [0.25, 0.3) is 0 Å². The molecule has 3 N–H and O–H groups in total. The van der Waals surface area contributed by atoms with Gasteiger partial charge in [-0.15, -0.1) is 50.9 Å². The summed E-state index contributed by atoms with van der Waals surface area (Å²) in [5.41, 5.74) is 2.52. The van der Waals surface area contributed by atoms with Crippen LogP contribution in [-0.2, 0) is 0 Å². The van der Waals surface area contributed by atoms with Crippen LogP contribution in [0.2, 0.25) is 0 Å². The van der Waals surface area contributed by atoms with Crippen LogP contribution < -0.4 is 10.9 Å². The van der Waals surface area contributed by atoms with E-state index in [2.05, 4.69) is 87.4 Å². The maximum atomic E-state index is 6.04. The van der Waals surface area contributed by atoms with Gasteiger partial charge in [-0.3, -0.25) is 0 Å². The van der Waals surface area contributed by atoms with Gasteiger partial charge in [0.05, 0.1) is 6.10 Å². The van der Waals surface area contributed by atoms with Crippen LogP contribution in [0.3, 0.4) is 0 Å². The molecule has 1 aromatic rings. The van der Waals surface area contributed by atoms with E-state index in [1.54, 1.807) is 0 Å². The Bertz CT molecular complexity index is 395. The van der Waals surface area contributed by atoms with E-state index in [1.807, 2.05) is 0 Å². The van der Waals surface area contributed by atoms with Crippen LogP contribution in [0, 0.1) is 13.8 Å². The number of rotatable bonds is 6. The zero-order chi connectivity index (χ0) is 23.6. The maximum absolute atomic E-state index is 6.04. The summed E-state index contributed by atoms with van der Waals surface area (Å²) in [5.74, 6) is 1.11. The van der Waals surface area contributed by atoms with Gasteiger partial charge in [-0.25, -0.2) is 0 Å². The molecule has 5 heteroatoms. The molecule has 34 heavy (non-hydrogen) atoms. The van der Waals surface area contributed by atoms with E-state index in [0.29, 0.717) is 6.10 Å². The summed E-state index contributed by atoms with van der Waals surface area (Å²) in [4.78, 5) is 0. The summed E-state index contributed by atoms with van der Waals surface area (Å²) >= 11 is 0. The van der Waals surface area contributed by atoms with Crippen LogP contribution in [0.4, 0.5) is 0 Å². The third-order valence-electron chi connectivity index (χ3n) is 5.00. The van der Waals surface area contributed by atoms with Crippen LogP contribution in [-0.4, -0.2) is 6.10 Å². The van der Waals surface area contributed by atoms with Crippen LogP contribution in [0.15, 0.2) is 18.2 Å². The van der Waals surface area contributed by atoms with Gasteiger partial charge in [-0.05, 0) is 50.7 Å². The van der Waals surface area contributed by atoms with Crippen molar-refractivity contribution < 1.29 is 4.74 Å². The first-order valence-corrected chi connectivity index (χ1v) is 13.2. The van der Waals surface area contributed by atoms with E-state index in [1.165, 1.54) is 88.2 Å². The van der Waals surface area contributed by atoms with E-state index in [9.17, 15) is 0 Å². The molecular formula is C29H64Br3NO. The summed E-state index contributed by atoms with van der Waals surface area (Å²) < 4.78 is 6.04. The summed E-state index contributed by atoms with van der Waals surface area (Å²) in [6.45, 7) is 21.7. The normalized spacial score (nSPS) is 10.6. The highest BCUT2D eigenvalue weighted by Gasteiger charge is 2.17. The second kappa shape index (κ2) is 43.5. The minimum Gasteiger partial charge on any atom is -0.490 e. The lowest BCUT2D eigenvalue weighted by atomic mass is 10.1. The van der Waals surface area contributed by atoms with Crippen molar-refractivity contribution in [1.29, 1.82) is 0 Å². The predicted octanol–water partition coefficient (Wildman–Crippen LogP) is 12.7. The molecule has 0 heterocycles. The first-order valence-electron chi connectivity index (χ1n) is 13.2. The number of hydrogen-bond acceptors (Lipinski definition) is 2. The SMILES string of the molecule is Br.Br.Br.CCCC.CCCC.CCCC.CCCC.Cc1cccc(C)c1OC1CCCC1.N. The molecule has 2 rings (SSSR count). The molecule has 0 unspecified atom stereocenters. The zero-order valence-electron chi connectivity index (χ0n) is 24.6. The van der Waals surface area contributed by atoms with E-state index in [4.69, 9.17) is 4.74 Å². The second-order valence-electron chi connectivity index (χ2n) is 8.25. The fraction of sp³-hybridized carbons (Fsp3) is 0.793. The minimum absolute atomic E-state index is 0. The van der Waals surface area contributed by atoms with Gasteiger partial charge in [0.25, 0.3) is 0 Å². The predicted molar refractivity (Wildman–Crippen MR) is 177 cm³/mol. The Balaban J connectivity index is -0.0000000621. The van der Waals surface area contributed by atoms with Crippen molar-refractivity contribution in [1.82, 2.24) is 6.15 Å². The van der Waals surface area contributed by atoms with Crippen LogP contribution in [0.5, 0.6) is 5.75 Å². The van der Waals surface area contributed by atoms with Gasteiger partial charge in [0.1, 0.15) is 5.75 Å². The highest BCUT2D eigenvalue weighted by Crippen LogP contribution is 2.28. The molecule has 0 spiro atoms. The number of unbranched alkanes of at least 4 members (excludes halogenated alkanes) is 4. The van der Waals surface area contributed by atoms with E-state index in [0.717, 1.165) is 5.75 Å². The average molecular weight is 683 g/mol. The second-order valence-corrected chi connectivity index (χ2v) is 8.25. The van der Waals surface area contributed by atoms with Gasteiger partial charge in [-0.1, -0.05) is 125 Å². The lowest BCUT2D eigenvalue weighted by molar-refractivity contribution is 0.207. The third-order valence-corrected chi connectivity index (χ3v) is 5.00. The molecule has 0 saturated heterocycles. The van der Waals surface area contributed by atoms with Gasteiger partial charge in [0.2, 0.25) is 0 Å². The summed E-state index contributed by atoms with van der Waals surface area (Å²) in [6, 6.07) is 6.33. The van der Waals surface area contributed by atoms with Crippen molar-refractivity contribution in [2.45, 2.75) is 152 Å². The number of hydrogen-bond donors (Lipinski definition) is 1. The maximum Gasteiger partial charge on any atom is 0.125 e. The first-order chi connectivity index (χ1) is 14.4. The third kappa shape index (κ3) is 37.0. The fourth-order valence-electron chi connectivity index (χ4n) is 2.16. The number of benzene rings is 1. The van der Waals surface area contributed by atoms with Crippen molar-refractivity contribution in [2.24, 2.45) is 0 Å². The molecule has 0 aromatic heterocycles.